The summed E-state index contributed by atoms with van der Waals surface area (Å²) in [5, 5.41) is 22.3. The fourth-order valence-corrected chi connectivity index (χ4v) is 1.59. The van der Waals surface area contributed by atoms with Crippen LogP contribution in [0.1, 0.15) is 11.3 Å². The highest BCUT2D eigenvalue weighted by molar-refractivity contribution is 6.29. The molecular weight excluding hydrogens is 264 g/mol. The van der Waals surface area contributed by atoms with Gasteiger partial charge >= 0.3 is 0 Å². The Bertz CT molecular complexity index is 550. The van der Waals surface area contributed by atoms with Gasteiger partial charge in [-0.3, -0.25) is 0 Å². The molecule has 0 saturated carbocycles. The summed E-state index contributed by atoms with van der Waals surface area (Å²) in [5.41, 5.74) is 2.69. The second-order valence-electron chi connectivity index (χ2n) is 3.71. The lowest BCUT2D eigenvalue weighted by molar-refractivity contribution is 0.322. The van der Waals surface area contributed by atoms with Crippen LogP contribution in [0.5, 0.6) is 0 Å². The van der Waals surface area contributed by atoms with Gasteiger partial charge in [-0.1, -0.05) is 22.8 Å². The summed E-state index contributed by atoms with van der Waals surface area (Å²) in [5.74, 6) is 0. The quantitative estimate of drug-likeness (QED) is 0.255. The van der Waals surface area contributed by atoms with E-state index in [9.17, 15) is 0 Å². The summed E-state index contributed by atoms with van der Waals surface area (Å²) in [6, 6.07) is 3.55. The van der Waals surface area contributed by atoms with Gasteiger partial charge in [0.1, 0.15) is 5.15 Å². The van der Waals surface area contributed by atoms with Gasteiger partial charge in [-0.25, -0.2) is 4.98 Å². The minimum Gasteiger partial charge on any atom is -0.411 e. The number of hydrogen-bond donors (Lipinski definition) is 3. The van der Waals surface area contributed by atoms with Gasteiger partial charge in [0.25, 0.3) is 0 Å². The van der Waals surface area contributed by atoms with Gasteiger partial charge in [-0.2, -0.15) is 0 Å². The molecule has 100 valence electrons. The van der Waals surface area contributed by atoms with Crippen LogP contribution < -0.4 is 5.32 Å². The number of pyridine rings is 1. The normalized spacial score (nSPS) is 12.8. The van der Waals surface area contributed by atoms with Crippen molar-refractivity contribution in [2.45, 2.75) is 6.92 Å². The van der Waals surface area contributed by atoms with Crippen molar-refractivity contribution >= 4 is 30.1 Å². The smallest absolute Gasteiger partial charge is 0.129 e. The van der Waals surface area contributed by atoms with Crippen LogP contribution in [0.15, 0.2) is 34.6 Å². The van der Waals surface area contributed by atoms with Crippen LogP contribution in [-0.2, 0) is 0 Å². The predicted octanol–water partition coefficient (Wildman–Crippen LogP) is 2.64. The van der Waals surface area contributed by atoms with E-state index in [0.717, 1.165) is 11.8 Å². The summed E-state index contributed by atoms with van der Waals surface area (Å²) in [6.45, 7) is 1.90. The third-order valence-corrected chi connectivity index (χ3v) is 2.59. The van der Waals surface area contributed by atoms with Crippen LogP contribution >= 0.6 is 11.6 Å². The lowest BCUT2D eigenvalue weighted by atomic mass is 10.1. The van der Waals surface area contributed by atoms with E-state index in [0.29, 0.717) is 22.0 Å². The number of aryl methyl sites for hydroxylation is 1. The summed E-state index contributed by atoms with van der Waals surface area (Å²) >= 11 is 5.86. The Morgan fingerprint density at radius 3 is 2.79 bits per heavy atom. The maximum atomic E-state index is 8.71. The molecule has 0 bridgehead atoms. The molecule has 0 fully saturated rings. The first-order valence-corrected chi connectivity index (χ1v) is 5.90. The van der Waals surface area contributed by atoms with Crippen LogP contribution in [0.2, 0.25) is 5.15 Å². The Morgan fingerprint density at radius 2 is 2.21 bits per heavy atom. The first-order chi connectivity index (χ1) is 9.12. The van der Waals surface area contributed by atoms with Crippen LogP contribution in [-0.4, -0.2) is 29.7 Å². The Balaban J connectivity index is 3.32. The van der Waals surface area contributed by atoms with Crippen LogP contribution in [0.25, 0.3) is 6.08 Å². The van der Waals surface area contributed by atoms with Crippen molar-refractivity contribution in [1.82, 2.24) is 10.3 Å². The molecule has 0 amide bonds. The SMILES string of the molecule is CN/C=C(C=N)/C(=C/c1nc(Cl)ccc1C)/C=N/O. The second-order valence-corrected chi connectivity index (χ2v) is 4.10. The molecule has 1 aromatic heterocycles. The maximum Gasteiger partial charge on any atom is 0.129 e. The Kier molecular flexibility index (Phi) is 5.75. The van der Waals surface area contributed by atoms with E-state index >= 15 is 0 Å². The molecule has 6 heteroatoms. The van der Waals surface area contributed by atoms with Crippen molar-refractivity contribution in [3.63, 3.8) is 0 Å². The van der Waals surface area contributed by atoms with Gasteiger partial charge in [-0.15, -0.1) is 0 Å². The maximum absolute atomic E-state index is 8.71. The molecule has 1 rings (SSSR count). The van der Waals surface area contributed by atoms with E-state index in [1.54, 1.807) is 25.4 Å². The van der Waals surface area contributed by atoms with Crippen LogP contribution in [0.3, 0.4) is 0 Å². The minimum absolute atomic E-state index is 0.381. The average Bonchev–Trinajstić information content (AvgIpc) is 2.39. The van der Waals surface area contributed by atoms with E-state index in [1.165, 1.54) is 6.21 Å². The van der Waals surface area contributed by atoms with Crippen molar-refractivity contribution in [2.24, 2.45) is 5.16 Å². The minimum atomic E-state index is 0.381. The molecule has 1 aromatic rings. The van der Waals surface area contributed by atoms with Crippen LogP contribution in [0, 0.1) is 12.3 Å². The number of allylic oxidation sites excluding steroid dienone is 2. The van der Waals surface area contributed by atoms with E-state index in [2.05, 4.69) is 15.5 Å². The molecule has 0 aliphatic heterocycles. The number of rotatable bonds is 5. The van der Waals surface area contributed by atoms with Crippen LogP contribution in [0.4, 0.5) is 0 Å². The highest BCUT2D eigenvalue weighted by Crippen LogP contribution is 2.16. The molecule has 5 nitrogen and oxygen atoms in total. The summed E-state index contributed by atoms with van der Waals surface area (Å²) < 4.78 is 0. The van der Waals surface area contributed by atoms with Gasteiger partial charge in [0.05, 0.1) is 11.9 Å². The van der Waals surface area contributed by atoms with Gasteiger partial charge in [0.15, 0.2) is 0 Å². The summed E-state index contributed by atoms with van der Waals surface area (Å²) in [4.78, 5) is 4.19. The molecule has 0 saturated heterocycles. The van der Waals surface area contributed by atoms with Crippen molar-refractivity contribution in [2.75, 3.05) is 7.05 Å². The zero-order valence-corrected chi connectivity index (χ0v) is 11.4. The lowest BCUT2D eigenvalue weighted by Gasteiger charge is -2.05. The van der Waals surface area contributed by atoms with E-state index in [-0.39, 0.29) is 0 Å². The highest BCUT2D eigenvalue weighted by atomic mass is 35.5. The van der Waals surface area contributed by atoms with E-state index < -0.39 is 0 Å². The third-order valence-electron chi connectivity index (χ3n) is 2.38. The number of nitrogens with one attached hydrogen (secondary N) is 2. The molecular formula is C13H15ClN4O. The molecule has 0 unspecified atom stereocenters. The standard InChI is InChI=1S/C13H15ClN4O/c1-9-3-4-13(14)18-12(9)5-10(8-17-19)11(6-15)7-16-2/h3-8,15-16,19H,1-2H3/b10-5+,11-7+,15-6?,17-8+. The van der Waals surface area contributed by atoms with E-state index in [1.807, 2.05) is 13.0 Å². The van der Waals surface area contributed by atoms with Crippen molar-refractivity contribution in [1.29, 1.82) is 5.41 Å². The number of nitrogens with zero attached hydrogens (tertiary/aromatic N) is 2. The lowest BCUT2D eigenvalue weighted by Crippen LogP contribution is -2.01. The monoisotopic (exact) mass is 278 g/mol. The molecule has 19 heavy (non-hydrogen) atoms. The fraction of sp³-hybridized carbons (Fsp3) is 0.154. The zero-order valence-electron chi connectivity index (χ0n) is 10.7. The van der Waals surface area contributed by atoms with Gasteiger partial charge in [0.2, 0.25) is 0 Å². The molecule has 1 heterocycles. The number of halogens is 1. The molecule has 0 spiro atoms. The van der Waals surface area contributed by atoms with Gasteiger partial charge in [-0.05, 0) is 24.6 Å². The molecule has 3 N–H and O–H groups in total. The third kappa shape index (κ3) is 4.22. The fourth-order valence-electron chi connectivity index (χ4n) is 1.43. The Morgan fingerprint density at radius 1 is 1.47 bits per heavy atom. The van der Waals surface area contributed by atoms with Crippen molar-refractivity contribution < 1.29 is 5.21 Å². The van der Waals surface area contributed by atoms with E-state index in [4.69, 9.17) is 22.2 Å². The number of aromatic nitrogens is 1. The zero-order chi connectivity index (χ0) is 14.3. The molecule has 0 aromatic carbocycles. The highest BCUT2D eigenvalue weighted by Gasteiger charge is 2.04. The first-order valence-electron chi connectivity index (χ1n) is 5.53. The molecule has 0 aliphatic rings. The largest absolute Gasteiger partial charge is 0.411 e. The van der Waals surface area contributed by atoms with Crippen molar-refractivity contribution in [3.05, 3.63) is 45.9 Å². The molecule has 0 atom stereocenters. The predicted molar refractivity (Wildman–Crippen MR) is 78.2 cm³/mol. The molecule has 0 aliphatic carbocycles. The number of oxime groups is 1. The summed E-state index contributed by atoms with van der Waals surface area (Å²) in [7, 11) is 1.72. The van der Waals surface area contributed by atoms with Gasteiger partial charge < -0.3 is 15.9 Å². The number of hydrogen-bond acceptors (Lipinski definition) is 5. The summed E-state index contributed by atoms with van der Waals surface area (Å²) in [6.07, 6.45) is 5.73. The van der Waals surface area contributed by atoms with Gasteiger partial charge in [0, 0.05) is 30.6 Å². The second kappa shape index (κ2) is 7.33. The Labute approximate surface area is 116 Å². The van der Waals surface area contributed by atoms with Crippen molar-refractivity contribution in [3.8, 4) is 0 Å². The molecule has 0 radical (unpaired) electrons. The Hall–Kier alpha value is -2.14. The topological polar surface area (TPSA) is 81.4 Å². The first kappa shape index (κ1) is 14.9. The average molecular weight is 279 g/mol.